The smallest absolute Gasteiger partial charge is 0.330 e. The first-order valence-electron chi connectivity index (χ1n) is 11.5. The lowest BCUT2D eigenvalue weighted by molar-refractivity contribution is -0.145. The van der Waals surface area contributed by atoms with E-state index >= 15 is 0 Å². The molecule has 2 heterocycles. The van der Waals surface area contributed by atoms with Crippen molar-refractivity contribution in [2.45, 2.75) is 78.0 Å². The summed E-state index contributed by atoms with van der Waals surface area (Å²) in [7, 11) is 0. The zero-order valence-corrected chi connectivity index (χ0v) is 18.7. The van der Waals surface area contributed by atoms with Crippen LogP contribution in [0.25, 0.3) is 11.2 Å². The summed E-state index contributed by atoms with van der Waals surface area (Å²) in [5.41, 5.74) is 2.34. The summed E-state index contributed by atoms with van der Waals surface area (Å²) < 4.78 is 8.87. The highest BCUT2D eigenvalue weighted by molar-refractivity contribution is 5.72. The predicted molar refractivity (Wildman–Crippen MR) is 122 cm³/mol. The molecule has 1 atom stereocenters. The second-order valence-corrected chi connectivity index (χ2v) is 8.42. The van der Waals surface area contributed by atoms with E-state index in [1.54, 1.807) is 4.57 Å². The summed E-state index contributed by atoms with van der Waals surface area (Å²) in [6, 6.07) is 8.23. The lowest BCUT2D eigenvalue weighted by atomic mass is 9.98. The molecule has 0 bridgehead atoms. The third-order valence-corrected chi connectivity index (χ3v) is 6.18. The Bertz CT molecular complexity index is 1240. The van der Waals surface area contributed by atoms with Crippen molar-refractivity contribution < 1.29 is 9.53 Å². The van der Waals surface area contributed by atoms with Gasteiger partial charge in [-0.1, -0.05) is 44.5 Å². The van der Waals surface area contributed by atoms with Crippen LogP contribution in [0.15, 0.2) is 33.9 Å². The number of benzene rings is 1. The first-order chi connectivity index (χ1) is 15.5. The number of rotatable bonds is 9. The summed E-state index contributed by atoms with van der Waals surface area (Å²) in [6.45, 7) is 5.04. The average Bonchev–Trinajstić information content (AvgIpc) is 3.34. The Morgan fingerprint density at radius 1 is 1.16 bits per heavy atom. The number of nitrogens with one attached hydrogen (secondary N) is 1. The average molecular weight is 439 g/mol. The highest BCUT2D eigenvalue weighted by Gasteiger charge is 2.25. The highest BCUT2D eigenvalue weighted by atomic mass is 16.5. The molecule has 0 amide bonds. The summed E-state index contributed by atoms with van der Waals surface area (Å²) >= 11 is 0. The van der Waals surface area contributed by atoms with Crippen LogP contribution in [0.5, 0.6) is 0 Å². The molecule has 0 fully saturated rings. The normalized spacial score (nSPS) is 15.2. The topological polar surface area (TPSA) is 99.0 Å². The number of nitrogens with zero attached hydrogens (tertiary/aromatic N) is 3. The Hall–Kier alpha value is -3.16. The van der Waals surface area contributed by atoms with E-state index in [9.17, 15) is 14.4 Å². The fourth-order valence-corrected chi connectivity index (χ4v) is 4.58. The largest absolute Gasteiger partial charge is 0.457 e. The maximum atomic E-state index is 12.6. The Labute approximate surface area is 186 Å². The van der Waals surface area contributed by atoms with Crippen LogP contribution in [-0.4, -0.2) is 25.1 Å². The van der Waals surface area contributed by atoms with Crippen LogP contribution in [0.1, 0.15) is 68.8 Å². The molecule has 1 aromatic carbocycles. The zero-order chi connectivity index (χ0) is 22.7. The van der Waals surface area contributed by atoms with E-state index in [-0.39, 0.29) is 18.5 Å². The molecule has 1 aliphatic carbocycles. The van der Waals surface area contributed by atoms with Crippen molar-refractivity contribution in [3.05, 3.63) is 62.1 Å². The molecule has 8 heteroatoms. The standard InChI is InChI=1S/C24H30N4O4/c1-3-5-13-28-22-21(23(30)26-24(28)31)27(12-4-2)19(25-22)15-32-20(29)14-17-11-10-16-8-6-7-9-18(16)17/h6-9,17H,3-5,10-15H2,1-2H3,(H,26,30,31). The Morgan fingerprint density at radius 2 is 1.97 bits per heavy atom. The molecule has 2 aromatic heterocycles. The number of aromatic amines is 1. The second-order valence-electron chi connectivity index (χ2n) is 8.42. The Morgan fingerprint density at radius 3 is 2.75 bits per heavy atom. The predicted octanol–water partition coefficient (Wildman–Crippen LogP) is 3.26. The number of carbonyl (C=O) groups is 1. The summed E-state index contributed by atoms with van der Waals surface area (Å²) in [5.74, 6) is 0.387. The quantitative estimate of drug-likeness (QED) is 0.517. The maximum absolute atomic E-state index is 12.6. The van der Waals surface area contributed by atoms with E-state index < -0.39 is 11.2 Å². The van der Waals surface area contributed by atoms with Gasteiger partial charge in [0.1, 0.15) is 12.4 Å². The molecule has 1 unspecified atom stereocenters. The van der Waals surface area contributed by atoms with Gasteiger partial charge < -0.3 is 9.30 Å². The number of ether oxygens (including phenoxy) is 1. The summed E-state index contributed by atoms with van der Waals surface area (Å²) in [6.07, 6.45) is 4.75. The zero-order valence-electron chi connectivity index (χ0n) is 18.7. The van der Waals surface area contributed by atoms with Crippen molar-refractivity contribution in [2.24, 2.45) is 0 Å². The van der Waals surface area contributed by atoms with Crippen molar-refractivity contribution in [3.8, 4) is 0 Å². The van der Waals surface area contributed by atoms with Gasteiger partial charge in [-0.2, -0.15) is 0 Å². The van der Waals surface area contributed by atoms with Crippen LogP contribution in [0.2, 0.25) is 0 Å². The fourth-order valence-electron chi connectivity index (χ4n) is 4.58. The number of unbranched alkanes of at least 4 members (excludes halogenated alkanes) is 1. The fraction of sp³-hybridized carbons (Fsp3) is 0.500. The first kappa shape index (κ1) is 22.0. The number of fused-ring (bicyclic) bond motifs is 2. The van der Waals surface area contributed by atoms with Gasteiger partial charge in [0.25, 0.3) is 5.56 Å². The van der Waals surface area contributed by atoms with E-state index in [1.165, 1.54) is 15.7 Å². The van der Waals surface area contributed by atoms with Crippen molar-refractivity contribution in [2.75, 3.05) is 0 Å². The monoisotopic (exact) mass is 438 g/mol. The van der Waals surface area contributed by atoms with Gasteiger partial charge in [0.15, 0.2) is 11.2 Å². The lowest BCUT2D eigenvalue weighted by Crippen LogP contribution is -2.31. The Kier molecular flexibility index (Phi) is 6.58. The van der Waals surface area contributed by atoms with Crippen molar-refractivity contribution in [1.82, 2.24) is 19.1 Å². The molecule has 0 radical (unpaired) electrons. The van der Waals surface area contributed by atoms with E-state index in [2.05, 4.69) is 22.1 Å². The number of esters is 1. The van der Waals surface area contributed by atoms with Crippen LogP contribution >= 0.6 is 0 Å². The van der Waals surface area contributed by atoms with E-state index in [4.69, 9.17) is 4.74 Å². The maximum Gasteiger partial charge on any atom is 0.330 e. The van der Waals surface area contributed by atoms with E-state index in [0.29, 0.717) is 36.5 Å². The van der Waals surface area contributed by atoms with Gasteiger partial charge in [-0.3, -0.25) is 19.1 Å². The van der Waals surface area contributed by atoms with Crippen LogP contribution in [0.4, 0.5) is 0 Å². The molecule has 0 aliphatic heterocycles. The molecule has 0 saturated heterocycles. The molecule has 1 N–H and O–H groups in total. The molecule has 0 saturated carbocycles. The molecular weight excluding hydrogens is 408 g/mol. The SMILES string of the molecule is CCCCn1c(=O)[nH]c(=O)c2c1nc(COC(=O)CC1CCc3ccccc31)n2CCC. The van der Waals surface area contributed by atoms with Crippen molar-refractivity contribution >= 4 is 17.1 Å². The molecule has 1 aliphatic rings. The second kappa shape index (κ2) is 9.54. The van der Waals surface area contributed by atoms with Crippen molar-refractivity contribution in [3.63, 3.8) is 0 Å². The first-order valence-corrected chi connectivity index (χ1v) is 11.5. The number of H-pyrrole nitrogens is 1. The number of aryl methyl sites for hydroxylation is 3. The molecule has 3 aromatic rings. The minimum atomic E-state index is -0.459. The van der Waals surface area contributed by atoms with Gasteiger partial charge in [0, 0.05) is 13.1 Å². The number of hydrogen-bond donors (Lipinski definition) is 1. The third kappa shape index (κ3) is 4.26. The van der Waals surface area contributed by atoms with E-state index in [0.717, 1.165) is 32.1 Å². The number of aromatic nitrogens is 4. The summed E-state index contributed by atoms with van der Waals surface area (Å²) in [5, 5.41) is 0. The lowest BCUT2D eigenvalue weighted by Gasteiger charge is -2.12. The molecule has 170 valence electrons. The van der Waals surface area contributed by atoms with Crippen LogP contribution < -0.4 is 11.2 Å². The van der Waals surface area contributed by atoms with Gasteiger partial charge in [-0.05, 0) is 42.7 Å². The van der Waals surface area contributed by atoms with Crippen LogP contribution in [0, 0.1) is 0 Å². The number of imidazole rings is 1. The molecular formula is C24H30N4O4. The third-order valence-electron chi connectivity index (χ3n) is 6.18. The van der Waals surface area contributed by atoms with Gasteiger partial charge in [-0.25, -0.2) is 9.78 Å². The van der Waals surface area contributed by atoms with Gasteiger partial charge in [0.05, 0.1) is 6.42 Å². The van der Waals surface area contributed by atoms with Crippen LogP contribution in [-0.2, 0) is 35.6 Å². The molecule has 8 nitrogen and oxygen atoms in total. The number of carbonyl (C=O) groups excluding carboxylic acids is 1. The Balaban J connectivity index is 1.56. The molecule has 4 rings (SSSR count). The van der Waals surface area contributed by atoms with Crippen molar-refractivity contribution in [1.29, 1.82) is 0 Å². The van der Waals surface area contributed by atoms with Crippen LogP contribution in [0.3, 0.4) is 0 Å². The van der Waals surface area contributed by atoms with Gasteiger partial charge >= 0.3 is 11.7 Å². The number of hydrogen-bond acceptors (Lipinski definition) is 5. The van der Waals surface area contributed by atoms with E-state index in [1.807, 2.05) is 26.0 Å². The highest BCUT2D eigenvalue weighted by Crippen LogP contribution is 2.35. The summed E-state index contributed by atoms with van der Waals surface area (Å²) in [4.78, 5) is 44.5. The van der Waals surface area contributed by atoms with Gasteiger partial charge in [-0.15, -0.1) is 0 Å². The minimum absolute atomic E-state index is 0.0245. The molecule has 32 heavy (non-hydrogen) atoms. The minimum Gasteiger partial charge on any atom is -0.457 e. The molecule has 0 spiro atoms. The van der Waals surface area contributed by atoms with Gasteiger partial charge in [0.2, 0.25) is 0 Å².